The molecule has 184 valence electrons. The number of carbonyl (C=O) groups excluding carboxylic acids is 1. The molecule has 0 spiro atoms. The van der Waals surface area contributed by atoms with Crippen LogP contribution in [0.3, 0.4) is 0 Å². The molecule has 1 fully saturated rings. The van der Waals surface area contributed by atoms with Crippen molar-refractivity contribution in [2.45, 2.75) is 30.9 Å². The lowest BCUT2D eigenvalue weighted by Crippen LogP contribution is -2.49. The van der Waals surface area contributed by atoms with Crippen LogP contribution in [-0.4, -0.2) is 42.0 Å². The molecule has 0 radical (unpaired) electrons. The smallest absolute Gasteiger partial charge is 0.351 e. The molecule has 0 unspecified atom stereocenters. The Bertz CT molecular complexity index is 1200. The van der Waals surface area contributed by atoms with E-state index in [1.165, 1.54) is 18.3 Å². The second-order valence-corrected chi connectivity index (χ2v) is 8.99. The molecule has 0 saturated carbocycles. The highest BCUT2D eigenvalue weighted by atomic mass is 19.4. The van der Waals surface area contributed by atoms with Crippen LogP contribution in [0.5, 0.6) is 0 Å². The zero-order valence-electron chi connectivity index (χ0n) is 19.3. The van der Waals surface area contributed by atoms with Crippen LogP contribution in [0.2, 0.25) is 0 Å². The third-order valence-corrected chi connectivity index (χ3v) is 6.87. The van der Waals surface area contributed by atoms with Crippen molar-refractivity contribution in [2.24, 2.45) is 0 Å². The Balaban J connectivity index is 1.43. The molecule has 0 atom stereocenters. The third kappa shape index (κ3) is 5.82. The van der Waals surface area contributed by atoms with Crippen LogP contribution in [0.15, 0.2) is 77.7 Å². The summed E-state index contributed by atoms with van der Waals surface area (Å²) < 4.78 is 40.0. The van der Waals surface area contributed by atoms with E-state index in [0.29, 0.717) is 38.2 Å². The molecular formula is C27H28F3N3O2. The minimum Gasteiger partial charge on any atom is -0.351 e. The first-order valence-electron chi connectivity index (χ1n) is 11.7. The Morgan fingerprint density at radius 1 is 0.971 bits per heavy atom. The van der Waals surface area contributed by atoms with Gasteiger partial charge in [-0.2, -0.15) is 13.2 Å². The van der Waals surface area contributed by atoms with Crippen LogP contribution in [-0.2, 0) is 18.0 Å². The second-order valence-electron chi connectivity index (χ2n) is 8.99. The molecule has 4 rings (SSSR count). The Kier molecular flexibility index (Phi) is 7.40. The molecule has 5 nitrogen and oxygen atoms in total. The highest BCUT2D eigenvalue weighted by Gasteiger charge is 2.37. The summed E-state index contributed by atoms with van der Waals surface area (Å²) in [5.41, 5.74) is 0.141. The van der Waals surface area contributed by atoms with Gasteiger partial charge in [0.05, 0.1) is 5.56 Å². The van der Waals surface area contributed by atoms with E-state index >= 15 is 0 Å². The van der Waals surface area contributed by atoms with Crippen molar-refractivity contribution >= 4 is 5.91 Å². The van der Waals surface area contributed by atoms with E-state index in [-0.39, 0.29) is 11.0 Å². The van der Waals surface area contributed by atoms with Crippen molar-refractivity contribution < 1.29 is 18.0 Å². The first-order valence-corrected chi connectivity index (χ1v) is 11.7. The summed E-state index contributed by atoms with van der Waals surface area (Å²) in [7, 11) is 0. The Hall–Kier alpha value is -3.39. The average Bonchev–Trinajstić information content (AvgIpc) is 2.87. The molecule has 35 heavy (non-hydrogen) atoms. The number of nitrogens with one attached hydrogen (secondary N) is 2. The van der Waals surface area contributed by atoms with Gasteiger partial charge in [-0.25, -0.2) is 0 Å². The van der Waals surface area contributed by atoms with Gasteiger partial charge in [0.15, 0.2) is 0 Å². The maximum atomic E-state index is 13.3. The number of hydrogen-bond donors (Lipinski definition) is 2. The maximum absolute atomic E-state index is 13.3. The van der Waals surface area contributed by atoms with E-state index in [9.17, 15) is 22.8 Å². The molecule has 2 N–H and O–H groups in total. The zero-order chi connectivity index (χ0) is 24.9. The minimum absolute atomic E-state index is 0.0662. The quantitative estimate of drug-likeness (QED) is 0.524. The number of hydrogen-bond acceptors (Lipinski definition) is 3. The summed E-state index contributed by atoms with van der Waals surface area (Å²) in [6.07, 6.45) is -1.08. The van der Waals surface area contributed by atoms with Gasteiger partial charge in [0.25, 0.3) is 11.5 Å². The fourth-order valence-electron chi connectivity index (χ4n) is 4.80. The van der Waals surface area contributed by atoms with E-state index in [1.807, 2.05) is 30.3 Å². The normalized spacial score (nSPS) is 16.1. The summed E-state index contributed by atoms with van der Waals surface area (Å²) in [5.74, 6) is -0.423. The van der Waals surface area contributed by atoms with Gasteiger partial charge in [0.2, 0.25) is 0 Å². The first-order chi connectivity index (χ1) is 16.8. The number of pyridine rings is 1. The number of benzene rings is 2. The van der Waals surface area contributed by atoms with Crippen LogP contribution in [0, 0.1) is 0 Å². The van der Waals surface area contributed by atoms with Gasteiger partial charge >= 0.3 is 6.18 Å². The summed E-state index contributed by atoms with van der Waals surface area (Å²) in [5, 5.41) is 2.94. The Labute approximate surface area is 202 Å². The number of H-pyrrole nitrogens is 1. The molecule has 3 aromatic rings. The topological polar surface area (TPSA) is 65.2 Å². The van der Waals surface area contributed by atoms with E-state index < -0.39 is 23.2 Å². The molecule has 1 aliphatic heterocycles. The summed E-state index contributed by atoms with van der Waals surface area (Å²) >= 11 is 0. The SMILES string of the molecule is O=C(NCC1(c2ccccc2)CCN(CCc2ccccc2C(F)(F)F)CC1)c1ccc[nH]c1=O. The molecule has 1 aliphatic rings. The van der Waals surface area contributed by atoms with Gasteiger partial charge in [0, 0.05) is 24.7 Å². The van der Waals surface area contributed by atoms with E-state index in [0.717, 1.165) is 24.5 Å². The highest BCUT2D eigenvalue weighted by molar-refractivity contribution is 5.93. The van der Waals surface area contributed by atoms with E-state index in [1.54, 1.807) is 18.2 Å². The molecule has 1 amide bonds. The monoisotopic (exact) mass is 483 g/mol. The highest BCUT2D eigenvalue weighted by Crippen LogP contribution is 2.36. The van der Waals surface area contributed by atoms with Crippen LogP contribution in [0.25, 0.3) is 0 Å². The second kappa shape index (κ2) is 10.5. The fraction of sp³-hybridized carbons (Fsp3) is 0.333. The van der Waals surface area contributed by atoms with Crippen LogP contribution in [0.4, 0.5) is 13.2 Å². The number of likely N-dealkylation sites (tertiary alicyclic amines) is 1. The standard InChI is InChI=1S/C27H28F3N3O2/c28-27(29,30)23-11-5-4-7-20(23)12-16-33-17-13-26(14-18-33,21-8-2-1-3-9-21)19-32-25(35)22-10-6-15-31-24(22)34/h1-11,15H,12-14,16-19H2,(H,31,34)(H,32,35). The van der Waals surface area contributed by atoms with Crippen molar-refractivity contribution in [2.75, 3.05) is 26.2 Å². The first kappa shape index (κ1) is 24.7. The van der Waals surface area contributed by atoms with Gasteiger partial charge in [-0.15, -0.1) is 0 Å². The number of aromatic amines is 1. The van der Waals surface area contributed by atoms with Crippen molar-refractivity contribution in [3.05, 3.63) is 106 Å². The van der Waals surface area contributed by atoms with Crippen LogP contribution >= 0.6 is 0 Å². The van der Waals surface area contributed by atoms with Gasteiger partial charge in [-0.3, -0.25) is 9.59 Å². The minimum atomic E-state index is -4.36. The van der Waals surface area contributed by atoms with Crippen LogP contribution in [0.1, 0.15) is 39.9 Å². The third-order valence-electron chi connectivity index (χ3n) is 6.87. The van der Waals surface area contributed by atoms with Gasteiger partial charge in [0.1, 0.15) is 5.56 Å². The number of aromatic nitrogens is 1. The van der Waals surface area contributed by atoms with Crippen molar-refractivity contribution in [1.82, 2.24) is 15.2 Å². The van der Waals surface area contributed by atoms with E-state index in [4.69, 9.17) is 0 Å². The van der Waals surface area contributed by atoms with E-state index in [2.05, 4.69) is 15.2 Å². The molecular weight excluding hydrogens is 455 g/mol. The number of alkyl halides is 3. The molecule has 0 bridgehead atoms. The van der Waals surface area contributed by atoms with Crippen molar-refractivity contribution in [1.29, 1.82) is 0 Å². The Morgan fingerprint density at radius 3 is 2.34 bits per heavy atom. The van der Waals surface area contributed by atoms with Crippen molar-refractivity contribution in [3.63, 3.8) is 0 Å². The summed E-state index contributed by atoms with van der Waals surface area (Å²) in [4.78, 5) is 29.4. The Morgan fingerprint density at radius 2 is 1.66 bits per heavy atom. The molecule has 1 aromatic heterocycles. The molecule has 2 aromatic carbocycles. The zero-order valence-corrected chi connectivity index (χ0v) is 19.3. The molecule has 0 aliphatic carbocycles. The van der Waals surface area contributed by atoms with Crippen LogP contribution < -0.4 is 10.9 Å². The lowest BCUT2D eigenvalue weighted by Gasteiger charge is -2.42. The summed E-state index contributed by atoms with van der Waals surface area (Å²) in [6, 6.07) is 18.8. The molecule has 2 heterocycles. The number of carbonyl (C=O) groups is 1. The lowest BCUT2D eigenvalue weighted by atomic mass is 9.72. The molecule has 8 heteroatoms. The predicted molar refractivity (Wildman–Crippen MR) is 128 cm³/mol. The lowest BCUT2D eigenvalue weighted by molar-refractivity contribution is -0.138. The van der Waals surface area contributed by atoms with Gasteiger partial charge in [-0.1, -0.05) is 48.5 Å². The average molecular weight is 484 g/mol. The number of nitrogens with zero attached hydrogens (tertiary/aromatic N) is 1. The predicted octanol–water partition coefficient (Wildman–Crippen LogP) is 4.40. The maximum Gasteiger partial charge on any atom is 0.416 e. The molecule has 1 saturated heterocycles. The summed E-state index contributed by atoms with van der Waals surface area (Å²) in [6.45, 7) is 2.30. The largest absolute Gasteiger partial charge is 0.416 e. The number of halogens is 3. The number of amides is 1. The number of rotatable bonds is 7. The van der Waals surface area contributed by atoms with Crippen molar-refractivity contribution in [3.8, 4) is 0 Å². The van der Waals surface area contributed by atoms with Gasteiger partial charge in [-0.05, 0) is 61.7 Å². The number of piperidine rings is 1. The fourth-order valence-corrected chi connectivity index (χ4v) is 4.80. The van der Waals surface area contributed by atoms with Gasteiger partial charge < -0.3 is 15.2 Å².